The smallest absolute Gasteiger partial charge is 0.363 e. The summed E-state index contributed by atoms with van der Waals surface area (Å²) in [5.74, 6) is -4.11. The summed E-state index contributed by atoms with van der Waals surface area (Å²) in [6, 6.07) is -0.754. The van der Waals surface area contributed by atoms with Gasteiger partial charge in [-0.1, -0.05) is 12.6 Å². The van der Waals surface area contributed by atoms with Crippen LogP contribution >= 0.6 is 0 Å². The van der Waals surface area contributed by atoms with E-state index in [1.807, 2.05) is 0 Å². The number of halogens is 3. The second-order valence-electron chi connectivity index (χ2n) is 9.53. The Balaban J connectivity index is 1.48. The first-order valence-electron chi connectivity index (χ1n) is 11.4. The Morgan fingerprint density at radius 3 is 2.47 bits per heavy atom. The van der Waals surface area contributed by atoms with Crippen LogP contribution in [-0.4, -0.2) is 88.9 Å². The van der Waals surface area contributed by atoms with Crippen LogP contribution in [-0.2, 0) is 25.8 Å². The van der Waals surface area contributed by atoms with Crippen LogP contribution < -0.4 is 20.7 Å². The molecule has 4 aliphatic heterocycles. The molecule has 1 spiro atoms. The zero-order chi connectivity index (χ0) is 27.8. The van der Waals surface area contributed by atoms with Crippen molar-refractivity contribution in [2.24, 2.45) is 0 Å². The van der Waals surface area contributed by atoms with Crippen molar-refractivity contribution in [3.05, 3.63) is 42.2 Å². The first kappa shape index (κ1) is 26.2. The molecule has 0 radical (unpaired) electrons. The molecule has 0 unspecified atom stereocenters. The number of hydrogen-bond donors (Lipinski definition) is 7. The summed E-state index contributed by atoms with van der Waals surface area (Å²) in [6.45, 7) is 3.03. The quantitative estimate of drug-likeness (QED) is 0.159. The van der Waals surface area contributed by atoms with Gasteiger partial charge < -0.3 is 31.1 Å². The fourth-order valence-electron chi connectivity index (χ4n) is 5.50. The van der Waals surface area contributed by atoms with Crippen LogP contribution in [0.4, 0.5) is 13.2 Å². The fraction of sp³-hybridized carbons (Fsp3) is 0.476. The normalized spacial score (nSPS) is 30.6. The number of nitrogens with zero attached hydrogens (tertiary/aromatic N) is 2. The van der Waals surface area contributed by atoms with Crippen LogP contribution in [0.1, 0.15) is 18.4 Å². The molecule has 38 heavy (non-hydrogen) atoms. The van der Waals surface area contributed by atoms with Gasteiger partial charge in [-0.15, -0.1) is 0 Å². The number of aliphatic hydroxyl groups is 2. The topological polar surface area (TPSA) is 187 Å². The first-order chi connectivity index (χ1) is 17.6. The summed E-state index contributed by atoms with van der Waals surface area (Å²) in [6.07, 6.45) is -4.77. The Labute approximate surface area is 214 Å². The number of carbonyl (C=O) groups excluding carboxylic acids is 2. The van der Waals surface area contributed by atoms with Gasteiger partial charge in [0.2, 0.25) is 27.6 Å². The number of nitrogens with one attached hydrogen (secondary N) is 5. The minimum Gasteiger partial charge on any atom is -0.363 e. The van der Waals surface area contributed by atoms with Crippen LogP contribution in [0.15, 0.2) is 41.6 Å². The Bertz CT molecular complexity index is 1340. The fourth-order valence-corrected chi connectivity index (χ4v) is 6.78. The highest BCUT2D eigenvalue weighted by molar-refractivity contribution is 7.89. The summed E-state index contributed by atoms with van der Waals surface area (Å²) >= 11 is 0. The number of rotatable bonds is 5. The molecule has 206 valence electrons. The maximum absolute atomic E-state index is 13.1. The lowest BCUT2D eigenvalue weighted by atomic mass is 9.84. The van der Waals surface area contributed by atoms with Gasteiger partial charge in [-0.3, -0.25) is 19.9 Å². The van der Waals surface area contributed by atoms with Crippen LogP contribution in [0.5, 0.6) is 0 Å². The van der Waals surface area contributed by atoms with Crippen molar-refractivity contribution >= 4 is 27.8 Å². The highest BCUT2D eigenvalue weighted by Gasteiger charge is 2.74. The summed E-state index contributed by atoms with van der Waals surface area (Å²) < 4.78 is 67.6. The van der Waals surface area contributed by atoms with E-state index in [-0.39, 0.29) is 31.2 Å². The van der Waals surface area contributed by atoms with E-state index in [1.165, 1.54) is 0 Å². The van der Waals surface area contributed by atoms with Gasteiger partial charge in [-0.25, -0.2) is 13.1 Å². The van der Waals surface area contributed by atoms with E-state index in [1.54, 1.807) is 0 Å². The molecule has 5 rings (SSSR count). The van der Waals surface area contributed by atoms with Crippen molar-refractivity contribution in [2.75, 3.05) is 13.1 Å². The number of benzene rings is 1. The van der Waals surface area contributed by atoms with Crippen molar-refractivity contribution in [1.29, 1.82) is 5.41 Å². The Morgan fingerprint density at radius 1 is 1.18 bits per heavy atom. The van der Waals surface area contributed by atoms with Gasteiger partial charge in [-0.05, 0) is 18.2 Å². The molecule has 0 bridgehead atoms. The van der Waals surface area contributed by atoms with Crippen LogP contribution in [0, 0.1) is 5.41 Å². The monoisotopic (exact) mass is 559 g/mol. The molecule has 2 amide bonds. The molecule has 4 atom stereocenters. The van der Waals surface area contributed by atoms with E-state index >= 15 is 0 Å². The molecule has 17 heteroatoms. The van der Waals surface area contributed by atoms with Gasteiger partial charge >= 0.3 is 6.18 Å². The Morgan fingerprint density at radius 2 is 1.84 bits per heavy atom. The average Bonchev–Trinajstić information content (AvgIpc) is 3.41. The third-order valence-electron chi connectivity index (χ3n) is 7.26. The summed E-state index contributed by atoms with van der Waals surface area (Å²) in [4.78, 5) is 25.8. The van der Waals surface area contributed by atoms with Gasteiger partial charge in [0.25, 0.3) is 0 Å². The van der Waals surface area contributed by atoms with Crippen LogP contribution in [0.3, 0.4) is 0 Å². The summed E-state index contributed by atoms with van der Waals surface area (Å²) in [7, 11) is -4.71. The van der Waals surface area contributed by atoms with Crippen molar-refractivity contribution in [3.63, 3.8) is 0 Å². The van der Waals surface area contributed by atoms with Gasteiger partial charge in [0.1, 0.15) is 0 Å². The molecule has 1 aromatic carbocycles. The first-order valence-corrected chi connectivity index (χ1v) is 12.9. The van der Waals surface area contributed by atoms with Crippen molar-refractivity contribution in [1.82, 2.24) is 30.5 Å². The molecule has 0 aromatic heterocycles. The molecule has 4 aliphatic rings. The molecular weight excluding hydrogens is 535 g/mol. The highest BCUT2D eigenvalue weighted by atomic mass is 32.2. The molecule has 4 fully saturated rings. The largest absolute Gasteiger partial charge is 0.416 e. The Hall–Kier alpha value is -3.41. The highest BCUT2D eigenvalue weighted by Crippen LogP contribution is 2.44. The maximum atomic E-state index is 13.1. The molecule has 0 aliphatic carbocycles. The van der Waals surface area contributed by atoms with Gasteiger partial charge in [0.05, 0.1) is 41.0 Å². The number of alkyl halides is 3. The molecular formula is C21H24F3N7O6S. The van der Waals surface area contributed by atoms with Gasteiger partial charge in [0.15, 0.2) is 11.6 Å². The van der Waals surface area contributed by atoms with E-state index in [9.17, 15) is 41.4 Å². The molecule has 4 saturated heterocycles. The van der Waals surface area contributed by atoms with E-state index in [4.69, 9.17) is 5.41 Å². The zero-order valence-electron chi connectivity index (χ0n) is 19.5. The minimum absolute atomic E-state index is 0.0205. The molecule has 13 nitrogen and oxygen atoms in total. The summed E-state index contributed by atoms with van der Waals surface area (Å²) in [5, 5.41) is 39.8. The standard InChI is InChI=1S/C21H24F3N7O6S/c1-10-26-17-13(8-30-15(32)5-6-16(30)33)27-18(25)31-9-14(20(34,35)19(17,31)28-10)29-38(36,37)12-4-2-3-11(7-12)21(22,23)24/h2-4,7,13-14,17,26,28-29,34-35H,1,5-6,8-9H2,(H2,25,27)/t13-,14-,17-,19-/m0/s1. The van der Waals surface area contributed by atoms with E-state index in [0.29, 0.717) is 12.1 Å². The predicted octanol–water partition coefficient (Wildman–Crippen LogP) is -1.87. The summed E-state index contributed by atoms with van der Waals surface area (Å²) in [5.41, 5.74) is -3.20. The zero-order valence-corrected chi connectivity index (χ0v) is 20.4. The third-order valence-corrected chi connectivity index (χ3v) is 8.73. The Kier molecular flexibility index (Phi) is 5.72. The SMILES string of the molecule is C=C1N[C@H]2[C@H](CN3C(=O)CCC3=O)NC(=N)N3C[C@H](NS(=O)(=O)c4cccc(C(F)(F)F)c4)C(O)(O)[C@]23N1. The lowest BCUT2D eigenvalue weighted by molar-refractivity contribution is -0.232. The van der Waals surface area contributed by atoms with E-state index in [0.717, 1.165) is 21.9 Å². The van der Waals surface area contributed by atoms with E-state index < -0.39 is 74.6 Å². The number of carbonyl (C=O) groups is 2. The van der Waals surface area contributed by atoms with Crippen LogP contribution in [0.25, 0.3) is 0 Å². The predicted molar refractivity (Wildman–Crippen MR) is 122 cm³/mol. The van der Waals surface area contributed by atoms with Gasteiger partial charge in [-0.2, -0.15) is 13.2 Å². The van der Waals surface area contributed by atoms with Crippen molar-refractivity contribution in [2.45, 2.75) is 53.5 Å². The number of likely N-dealkylation sites (tertiary alicyclic amines) is 1. The molecule has 7 N–H and O–H groups in total. The number of sulfonamides is 1. The average molecular weight is 560 g/mol. The van der Waals surface area contributed by atoms with Gasteiger partial charge in [0, 0.05) is 19.4 Å². The number of amides is 2. The van der Waals surface area contributed by atoms with Crippen LogP contribution in [0.2, 0.25) is 0 Å². The lowest BCUT2D eigenvalue weighted by Crippen LogP contribution is -2.81. The second-order valence-corrected chi connectivity index (χ2v) is 11.2. The number of hydrogen-bond acceptors (Lipinski definition) is 9. The minimum atomic E-state index is -4.81. The molecule has 1 aromatic rings. The number of guanidine groups is 1. The maximum Gasteiger partial charge on any atom is 0.416 e. The van der Waals surface area contributed by atoms with E-state index in [2.05, 4.69) is 27.3 Å². The van der Waals surface area contributed by atoms with Crippen molar-refractivity contribution < 1.29 is 41.4 Å². The molecule has 0 saturated carbocycles. The molecule has 4 heterocycles. The van der Waals surface area contributed by atoms with Crippen molar-refractivity contribution in [3.8, 4) is 0 Å². The second kappa shape index (κ2) is 8.29. The number of imide groups is 1. The third kappa shape index (κ3) is 3.79. The lowest BCUT2D eigenvalue weighted by Gasteiger charge is -2.51.